The Morgan fingerprint density at radius 3 is 1.56 bits per heavy atom. The number of oxazole rings is 1. The molecule has 1 spiro atoms. The lowest BCUT2D eigenvalue weighted by Gasteiger charge is -2.30. The second-order valence-electron chi connectivity index (χ2n) is 14.2. The van der Waals surface area contributed by atoms with Gasteiger partial charge in [0.1, 0.15) is 5.52 Å². The van der Waals surface area contributed by atoms with Crippen LogP contribution >= 0.6 is 0 Å². The lowest BCUT2D eigenvalue weighted by molar-refractivity contribution is 0.620. The van der Waals surface area contributed by atoms with Crippen molar-refractivity contribution in [3.05, 3.63) is 210 Å². The van der Waals surface area contributed by atoms with Crippen molar-refractivity contribution in [3.63, 3.8) is 0 Å². The van der Waals surface area contributed by atoms with E-state index in [9.17, 15) is 0 Å². The zero-order valence-corrected chi connectivity index (χ0v) is 29.1. The molecule has 3 nitrogen and oxygen atoms in total. The molecule has 1 heterocycles. The molecule has 11 rings (SSSR count). The van der Waals surface area contributed by atoms with Crippen LogP contribution in [-0.2, 0) is 5.41 Å². The van der Waals surface area contributed by atoms with Crippen molar-refractivity contribution < 1.29 is 4.42 Å². The highest BCUT2D eigenvalue weighted by atomic mass is 16.3. The van der Waals surface area contributed by atoms with E-state index >= 15 is 0 Å². The van der Waals surface area contributed by atoms with E-state index in [1.807, 2.05) is 30.3 Å². The number of hydrogen-bond acceptors (Lipinski definition) is 3. The summed E-state index contributed by atoms with van der Waals surface area (Å²) in [5.74, 6) is 0.603. The zero-order chi connectivity index (χ0) is 35.8. The standard InChI is InChI=1S/C51H30N2O/c52-31-32-16-18-33(19-17-32)34-20-22-35(23-21-34)38-28-29-47-48(30-38)54-50(53-47)37-26-24-36(25-27-37)39-11-7-15-46-49(39)42-10-3-6-14-45(42)51(46)43-12-4-1-8-40(43)41-9-2-5-13-44(41)51/h1-30H. The van der Waals surface area contributed by atoms with Gasteiger partial charge in [-0.25, -0.2) is 4.98 Å². The second kappa shape index (κ2) is 11.6. The smallest absolute Gasteiger partial charge is 0.227 e. The van der Waals surface area contributed by atoms with Crippen molar-refractivity contribution in [3.8, 4) is 73.2 Å². The fourth-order valence-electron chi connectivity index (χ4n) is 9.00. The summed E-state index contributed by atoms with van der Waals surface area (Å²) in [5.41, 5.74) is 20.1. The molecular formula is C51H30N2O. The highest BCUT2D eigenvalue weighted by Crippen LogP contribution is 2.63. The number of benzene rings is 8. The molecule has 2 aliphatic rings. The zero-order valence-electron chi connectivity index (χ0n) is 29.1. The van der Waals surface area contributed by atoms with Gasteiger partial charge in [-0.1, -0.05) is 146 Å². The van der Waals surface area contributed by atoms with Crippen LogP contribution in [0.5, 0.6) is 0 Å². The van der Waals surface area contributed by atoms with Crippen LogP contribution in [0.4, 0.5) is 0 Å². The predicted octanol–water partition coefficient (Wildman–Crippen LogP) is 12.7. The highest BCUT2D eigenvalue weighted by Gasteiger charge is 2.51. The van der Waals surface area contributed by atoms with Gasteiger partial charge in [0, 0.05) is 5.56 Å². The first kappa shape index (κ1) is 30.4. The van der Waals surface area contributed by atoms with Crippen molar-refractivity contribution in [2.45, 2.75) is 5.41 Å². The molecule has 0 saturated heterocycles. The fraction of sp³-hybridized carbons (Fsp3) is 0.0196. The molecule has 3 heteroatoms. The normalized spacial score (nSPS) is 12.9. The molecule has 2 aliphatic carbocycles. The van der Waals surface area contributed by atoms with E-state index in [0.29, 0.717) is 11.5 Å². The first-order valence-electron chi connectivity index (χ1n) is 18.3. The molecule has 0 saturated carbocycles. The number of nitrogens with zero attached hydrogens (tertiary/aromatic N) is 2. The summed E-state index contributed by atoms with van der Waals surface area (Å²) in [6.45, 7) is 0. The van der Waals surface area contributed by atoms with Gasteiger partial charge in [-0.2, -0.15) is 5.26 Å². The highest BCUT2D eigenvalue weighted by molar-refractivity contribution is 6.00. The van der Waals surface area contributed by atoms with Gasteiger partial charge in [-0.3, -0.25) is 0 Å². The molecule has 9 aromatic rings. The number of fused-ring (bicyclic) bond motifs is 11. The summed E-state index contributed by atoms with van der Waals surface area (Å²) in [5, 5.41) is 9.13. The number of hydrogen-bond donors (Lipinski definition) is 0. The van der Waals surface area contributed by atoms with E-state index in [4.69, 9.17) is 14.7 Å². The Kier molecular flexibility index (Phi) is 6.53. The first-order chi connectivity index (χ1) is 26.7. The molecule has 0 atom stereocenters. The minimum atomic E-state index is -0.362. The van der Waals surface area contributed by atoms with E-state index in [2.05, 4.69) is 158 Å². The van der Waals surface area contributed by atoms with Gasteiger partial charge >= 0.3 is 0 Å². The lowest BCUT2D eigenvalue weighted by Crippen LogP contribution is -2.25. The van der Waals surface area contributed by atoms with Crippen molar-refractivity contribution in [2.75, 3.05) is 0 Å². The Labute approximate surface area is 313 Å². The maximum Gasteiger partial charge on any atom is 0.227 e. The van der Waals surface area contributed by atoms with E-state index in [0.717, 1.165) is 44.5 Å². The second-order valence-corrected chi connectivity index (χ2v) is 14.2. The molecule has 0 unspecified atom stereocenters. The maximum atomic E-state index is 9.13. The molecule has 0 bridgehead atoms. The summed E-state index contributed by atoms with van der Waals surface area (Å²) in [6.07, 6.45) is 0. The molecule has 0 aliphatic heterocycles. The summed E-state index contributed by atoms with van der Waals surface area (Å²) >= 11 is 0. The van der Waals surface area contributed by atoms with Gasteiger partial charge in [-0.05, 0) is 114 Å². The van der Waals surface area contributed by atoms with E-state index in [-0.39, 0.29) is 5.41 Å². The van der Waals surface area contributed by atoms with Crippen molar-refractivity contribution in [1.82, 2.24) is 4.98 Å². The molecule has 54 heavy (non-hydrogen) atoms. The van der Waals surface area contributed by atoms with Crippen molar-refractivity contribution in [2.24, 2.45) is 0 Å². The molecule has 8 aromatic carbocycles. The lowest BCUT2D eigenvalue weighted by atomic mass is 9.70. The number of aromatic nitrogens is 1. The SMILES string of the molecule is N#Cc1ccc(-c2ccc(-c3ccc4nc(-c5ccc(-c6cccc7c6-c6ccccc6C76c7ccccc7-c7ccccc76)cc5)oc4c3)cc2)cc1. The average molecular weight is 687 g/mol. The van der Waals surface area contributed by atoms with Gasteiger partial charge in [0.25, 0.3) is 0 Å². The van der Waals surface area contributed by atoms with Gasteiger partial charge < -0.3 is 4.42 Å². The van der Waals surface area contributed by atoms with Gasteiger partial charge in [0.2, 0.25) is 5.89 Å². The summed E-state index contributed by atoms with van der Waals surface area (Å²) in [4.78, 5) is 4.88. The Balaban J connectivity index is 0.945. The van der Waals surface area contributed by atoms with Gasteiger partial charge in [-0.15, -0.1) is 0 Å². The van der Waals surface area contributed by atoms with Crippen LogP contribution in [0.1, 0.15) is 27.8 Å². The van der Waals surface area contributed by atoms with Crippen LogP contribution in [0.2, 0.25) is 0 Å². The van der Waals surface area contributed by atoms with Crippen LogP contribution in [0.3, 0.4) is 0 Å². The average Bonchev–Trinajstić information content (AvgIpc) is 3.91. The third kappa shape index (κ3) is 4.32. The molecule has 0 amide bonds. The van der Waals surface area contributed by atoms with Crippen molar-refractivity contribution >= 4 is 11.1 Å². The van der Waals surface area contributed by atoms with Crippen LogP contribution in [0.25, 0.3) is 78.2 Å². The first-order valence-corrected chi connectivity index (χ1v) is 18.3. The third-order valence-electron chi connectivity index (χ3n) is 11.4. The molecule has 0 N–H and O–H groups in total. The number of rotatable bonds is 4. The quantitative estimate of drug-likeness (QED) is 0.185. The Hall–Kier alpha value is -7.28. The van der Waals surface area contributed by atoms with Crippen LogP contribution < -0.4 is 0 Å². The van der Waals surface area contributed by atoms with E-state index < -0.39 is 0 Å². The summed E-state index contributed by atoms with van der Waals surface area (Å²) in [7, 11) is 0. The minimum absolute atomic E-state index is 0.362. The van der Waals surface area contributed by atoms with Crippen LogP contribution in [-0.4, -0.2) is 4.98 Å². The summed E-state index contributed by atoms with van der Waals surface area (Å²) in [6, 6.07) is 66.8. The fourth-order valence-corrected chi connectivity index (χ4v) is 9.00. The molecule has 250 valence electrons. The van der Waals surface area contributed by atoms with E-state index in [1.54, 1.807) is 0 Å². The monoisotopic (exact) mass is 686 g/mol. The molecule has 1 aromatic heterocycles. The topological polar surface area (TPSA) is 49.8 Å². The van der Waals surface area contributed by atoms with E-state index in [1.165, 1.54) is 50.1 Å². The number of nitriles is 1. The van der Waals surface area contributed by atoms with Crippen LogP contribution in [0.15, 0.2) is 186 Å². The third-order valence-corrected chi connectivity index (χ3v) is 11.4. The largest absolute Gasteiger partial charge is 0.436 e. The van der Waals surface area contributed by atoms with Crippen LogP contribution in [0, 0.1) is 11.3 Å². The van der Waals surface area contributed by atoms with Crippen molar-refractivity contribution in [1.29, 1.82) is 5.26 Å². The van der Waals surface area contributed by atoms with Gasteiger partial charge in [0.15, 0.2) is 5.58 Å². The maximum absolute atomic E-state index is 9.13. The van der Waals surface area contributed by atoms with Gasteiger partial charge in [0.05, 0.1) is 17.0 Å². The molecular weight excluding hydrogens is 657 g/mol. The Morgan fingerprint density at radius 1 is 0.426 bits per heavy atom. The Morgan fingerprint density at radius 2 is 0.907 bits per heavy atom. The minimum Gasteiger partial charge on any atom is -0.436 e. The molecule has 0 radical (unpaired) electrons. The molecule has 0 fully saturated rings. The predicted molar refractivity (Wildman–Crippen MR) is 217 cm³/mol. The summed E-state index contributed by atoms with van der Waals surface area (Å²) < 4.78 is 6.39. The Bertz CT molecular complexity index is 2940.